The van der Waals surface area contributed by atoms with Crippen LogP contribution in [0.5, 0.6) is 0 Å². The van der Waals surface area contributed by atoms with Crippen LogP contribution < -0.4 is 0 Å². The van der Waals surface area contributed by atoms with Crippen LogP contribution in [0.1, 0.15) is 284 Å². The van der Waals surface area contributed by atoms with Gasteiger partial charge in [0.2, 0.25) is 0 Å². The molecule has 462 valence electrons. The maximum Gasteiger partial charge on any atom is 0.472 e. The van der Waals surface area contributed by atoms with E-state index >= 15 is 0 Å². The molecule has 0 spiro atoms. The molecule has 0 aromatic heterocycles. The Hall–Kier alpha value is -3.07. The van der Waals surface area contributed by atoms with E-state index in [1.54, 1.807) is 0 Å². The molecule has 9 nitrogen and oxygen atoms in total. The first-order chi connectivity index (χ1) is 39.0. The molecular weight excluding hydrogens is 1010 g/mol. The summed E-state index contributed by atoms with van der Waals surface area (Å²) in [6.07, 6.45) is 83.5. The zero-order chi connectivity index (χ0) is 58.4. The lowest BCUT2D eigenvalue weighted by Gasteiger charge is -2.24. The number of carbonyl (C=O) groups is 2. The van der Waals surface area contributed by atoms with Gasteiger partial charge in [0.05, 0.1) is 27.7 Å². The van der Waals surface area contributed by atoms with E-state index in [1.807, 2.05) is 21.1 Å². The Balaban J connectivity index is 4.13. The molecule has 80 heavy (non-hydrogen) atoms. The second-order valence-corrected chi connectivity index (χ2v) is 24.6. The molecule has 10 heteroatoms. The van der Waals surface area contributed by atoms with Crippen molar-refractivity contribution in [2.24, 2.45) is 0 Å². The van der Waals surface area contributed by atoms with Gasteiger partial charge in [-0.1, -0.05) is 291 Å². The Bertz CT molecular complexity index is 1670. The lowest BCUT2D eigenvalue weighted by molar-refractivity contribution is -0.870. The smallest absolute Gasteiger partial charge is 0.462 e. The molecule has 0 rings (SSSR count). The molecule has 1 N–H and O–H groups in total. The molecular formula is C70H125NO8P+. The van der Waals surface area contributed by atoms with E-state index in [0.717, 1.165) is 96.3 Å². The predicted octanol–water partition coefficient (Wildman–Crippen LogP) is 21.2. The maximum absolute atomic E-state index is 12.9. The molecule has 0 aromatic carbocycles. The van der Waals surface area contributed by atoms with Gasteiger partial charge in [0, 0.05) is 12.8 Å². The fourth-order valence-corrected chi connectivity index (χ4v) is 9.83. The zero-order valence-electron chi connectivity index (χ0n) is 52.5. The second-order valence-electron chi connectivity index (χ2n) is 23.1. The van der Waals surface area contributed by atoms with Gasteiger partial charge in [0.25, 0.3) is 0 Å². The van der Waals surface area contributed by atoms with E-state index < -0.39 is 26.5 Å². The molecule has 0 aliphatic heterocycles. The molecule has 0 aromatic rings. The van der Waals surface area contributed by atoms with Gasteiger partial charge in [-0.25, -0.2) is 4.57 Å². The van der Waals surface area contributed by atoms with Crippen LogP contribution in [0.4, 0.5) is 0 Å². The van der Waals surface area contributed by atoms with Crippen molar-refractivity contribution in [3.05, 3.63) is 97.2 Å². The average Bonchev–Trinajstić information content (AvgIpc) is 3.42. The Labute approximate surface area is 493 Å². The van der Waals surface area contributed by atoms with Gasteiger partial charge in [-0.2, -0.15) is 0 Å². The van der Waals surface area contributed by atoms with Crippen molar-refractivity contribution in [2.45, 2.75) is 290 Å². The van der Waals surface area contributed by atoms with Gasteiger partial charge in [-0.3, -0.25) is 18.6 Å². The normalized spacial score (nSPS) is 13.8. The van der Waals surface area contributed by atoms with Gasteiger partial charge in [-0.05, 0) is 77.0 Å². The van der Waals surface area contributed by atoms with Crippen LogP contribution in [-0.2, 0) is 32.7 Å². The molecule has 0 aliphatic rings. The zero-order valence-corrected chi connectivity index (χ0v) is 53.4. The van der Waals surface area contributed by atoms with E-state index in [9.17, 15) is 19.0 Å². The highest BCUT2D eigenvalue weighted by Crippen LogP contribution is 2.43. The number of hydrogen-bond donors (Lipinski definition) is 1. The van der Waals surface area contributed by atoms with Crippen LogP contribution in [0.2, 0.25) is 0 Å². The molecule has 0 aliphatic carbocycles. The van der Waals surface area contributed by atoms with E-state index in [1.165, 1.54) is 154 Å². The summed E-state index contributed by atoms with van der Waals surface area (Å²) in [6, 6.07) is 0. The van der Waals surface area contributed by atoms with E-state index in [0.29, 0.717) is 17.4 Å². The summed E-state index contributed by atoms with van der Waals surface area (Å²) in [7, 11) is 1.47. The minimum absolute atomic E-state index is 0.0272. The summed E-state index contributed by atoms with van der Waals surface area (Å²) < 4.78 is 34.7. The van der Waals surface area contributed by atoms with Crippen molar-refractivity contribution in [1.29, 1.82) is 0 Å². The van der Waals surface area contributed by atoms with Crippen LogP contribution in [0.25, 0.3) is 0 Å². The molecule has 2 unspecified atom stereocenters. The van der Waals surface area contributed by atoms with Gasteiger partial charge < -0.3 is 18.9 Å². The van der Waals surface area contributed by atoms with Crippen LogP contribution >= 0.6 is 7.82 Å². The van der Waals surface area contributed by atoms with Crippen molar-refractivity contribution in [2.75, 3.05) is 47.5 Å². The molecule has 0 heterocycles. The number of rotatable bonds is 60. The van der Waals surface area contributed by atoms with Gasteiger partial charge >= 0.3 is 19.8 Å². The molecule has 0 fully saturated rings. The van der Waals surface area contributed by atoms with Gasteiger partial charge in [0.1, 0.15) is 19.8 Å². The Morgan fingerprint density at radius 1 is 0.400 bits per heavy atom. The number of esters is 2. The lowest BCUT2D eigenvalue weighted by atomic mass is 10.0. The molecule has 2 atom stereocenters. The quantitative estimate of drug-likeness (QED) is 0.0211. The number of phosphoric ester groups is 1. The van der Waals surface area contributed by atoms with Crippen LogP contribution in [0.15, 0.2) is 97.2 Å². The average molecular weight is 1140 g/mol. The summed E-state index contributed by atoms with van der Waals surface area (Å²) in [4.78, 5) is 35.8. The number of allylic oxidation sites excluding steroid dienone is 16. The van der Waals surface area contributed by atoms with E-state index in [4.69, 9.17) is 18.5 Å². The van der Waals surface area contributed by atoms with Crippen molar-refractivity contribution in [1.82, 2.24) is 0 Å². The first-order valence-corrected chi connectivity index (χ1v) is 34.5. The minimum Gasteiger partial charge on any atom is -0.462 e. The standard InChI is InChI=1S/C70H124NO8P/c1-6-8-10-12-14-16-18-20-22-24-26-28-30-31-32-33-34-35-36-37-38-39-41-43-45-47-49-51-53-55-57-59-61-63-70(73)79-68(67-78-80(74,75)77-65-64-71(3,4)5)66-76-69(72)62-60-58-56-54-52-50-48-46-44-42-40-29-27-25-23-21-19-17-15-13-11-9-7-2/h8,10,14,16,20,22,26,28,31-32,34-35,37-38,41,43,68H,6-7,9,11-13,15,17-19,21,23-25,27,29-30,33,36,39-40,42,44-67H2,1-5H3/p+1/b10-8-,16-14-,22-20-,28-26-,32-31-,35-34-,38-37-,43-41-. The topological polar surface area (TPSA) is 108 Å². The Morgan fingerprint density at radius 2 is 0.713 bits per heavy atom. The highest BCUT2D eigenvalue weighted by Gasteiger charge is 2.27. The first-order valence-electron chi connectivity index (χ1n) is 33.0. The van der Waals surface area contributed by atoms with Crippen LogP contribution in [-0.4, -0.2) is 74.9 Å². The predicted molar refractivity (Wildman–Crippen MR) is 344 cm³/mol. The number of ether oxygens (including phenoxy) is 2. The number of likely N-dealkylation sites (N-methyl/N-ethyl adjacent to an activating group) is 1. The third-order valence-corrected chi connectivity index (χ3v) is 15.1. The molecule has 0 amide bonds. The second kappa shape index (κ2) is 60.5. The van der Waals surface area contributed by atoms with E-state index in [-0.39, 0.29) is 32.0 Å². The summed E-state index contributed by atoms with van der Waals surface area (Å²) in [5, 5.41) is 0. The fraction of sp³-hybridized carbons (Fsp3) is 0.743. The summed E-state index contributed by atoms with van der Waals surface area (Å²) in [5.41, 5.74) is 0. The van der Waals surface area contributed by atoms with Gasteiger partial charge in [0.15, 0.2) is 6.10 Å². The number of phosphoric acid groups is 1. The van der Waals surface area contributed by atoms with Crippen molar-refractivity contribution in [3.8, 4) is 0 Å². The van der Waals surface area contributed by atoms with Crippen molar-refractivity contribution >= 4 is 19.8 Å². The number of hydrogen-bond acceptors (Lipinski definition) is 7. The monoisotopic (exact) mass is 1140 g/mol. The maximum atomic E-state index is 12.9. The number of unbranched alkanes of at least 4 members (excludes halogenated alkanes) is 30. The molecule has 0 saturated carbocycles. The van der Waals surface area contributed by atoms with Crippen LogP contribution in [0.3, 0.4) is 0 Å². The largest absolute Gasteiger partial charge is 0.472 e. The van der Waals surface area contributed by atoms with E-state index in [2.05, 4.69) is 111 Å². The molecule has 0 bridgehead atoms. The summed E-state index contributed by atoms with van der Waals surface area (Å²) >= 11 is 0. The summed E-state index contributed by atoms with van der Waals surface area (Å²) in [5.74, 6) is -0.800. The summed E-state index contributed by atoms with van der Waals surface area (Å²) in [6.45, 7) is 4.34. The van der Waals surface area contributed by atoms with Crippen LogP contribution in [0, 0.1) is 0 Å². The highest BCUT2D eigenvalue weighted by molar-refractivity contribution is 7.47. The minimum atomic E-state index is -4.40. The Kier molecular flexibility index (Phi) is 58.2. The highest BCUT2D eigenvalue weighted by atomic mass is 31.2. The number of carbonyl (C=O) groups excluding carboxylic acids is 2. The van der Waals surface area contributed by atoms with Crippen molar-refractivity contribution < 1.29 is 42.1 Å². The third-order valence-electron chi connectivity index (χ3n) is 14.1. The van der Waals surface area contributed by atoms with Crippen molar-refractivity contribution in [3.63, 3.8) is 0 Å². The number of nitrogens with zero attached hydrogens (tertiary/aromatic N) is 1. The Morgan fingerprint density at radius 3 is 1.06 bits per heavy atom. The lowest BCUT2D eigenvalue weighted by Crippen LogP contribution is -2.37. The van der Waals surface area contributed by atoms with Gasteiger partial charge in [-0.15, -0.1) is 0 Å². The SMILES string of the molecule is CC/C=C\C/C=C\C/C=C\C/C=C\C/C=C\C/C=C\C/C=C\C/C=C\CCCCCCCCCCC(=O)OC(COC(=O)CCCCCCCCCCCCCCCCCCCCCCCCC)COP(=O)(O)OCC[N+](C)(C)C. The third kappa shape index (κ3) is 64.1. The fourth-order valence-electron chi connectivity index (χ4n) is 9.09. The molecule has 0 radical (unpaired) electrons. The number of quaternary nitrogens is 1. The molecule has 0 saturated heterocycles. The first kappa shape index (κ1) is 76.9.